The van der Waals surface area contributed by atoms with Crippen LogP contribution in [-0.2, 0) is 5.41 Å². The summed E-state index contributed by atoms with van der Waals surface area (Å²) in [6.45, 7) is 4.03. The summed E-state index contributed by atoms with van der Waals surface area (Å²) in [5.74, 6) is -0.866. The smallest absolute Gasteiger partial charge is 0.335 e. The van der Waals surface area contributed by atoms with Crippen molar-refractivity contribution in [2.75, 3.05) is 5.33 Å². The SMILES string of the molecule is CC(C)(CBr)c1ccccc1C(=O)O. The van der Waals surface area contributed by atoms with Gasteiger partial charge in [0.05, 0.1) is 5.56 Å². The first-order valence-corrected chi connectivity index (χ1v) is 5.50. The van der Waals surface area contributed by atoms with E-state index in [-0.39, 0.29) is 5.41 Å². The van der Waals surface area contributed by atoms with Crippen LogP contribution in [0.2, 0.25) is 0 Å². The van der Waals surface area contributed by atoms with E-state index in [1.54, 1.807) is 12.1 Å². The van der Waals surface area contributed by atoms with Crippen molar-refractivity contribution >= 4 is 21.9 Å². The van der Waals surface area contributed by atoms with Gasteiger partial charge in [-0.15, -0.1) is 0 Å². The molecule has 0 saturated heterocycles. The lowest BCUT2D eigenvalue weighted by molar-refractivity contribution is 0.0694. The van der Waals surface area contributed by atoms with E-state index in [2.05, 4.69) is 15.9 Å². The van der Waals surface area contributed by atoms with Crippen molar-refractivity contribution in [2.45, 2.75) is 19.3 Å². The first-order chi connectivity index (χ1) is 6.49. The molecule has 1 rings (SSSR count). The number of benzene rings is 1. The molecule has 2 nitrogen and oxygen atoms in total. The highest BCUT2D eigenvalue weighted by Crippen LogP contribution is 2.28. The Labute approximate surface area is 92.1 Å². The minimum absolute atomic E-state index is 0.158. The summed E-state index contributed by atoms with van der Waals surface area (Å²) < 4.78 is 0. The van der Waals surface area contributed by atoms with E-state index in [9.17, 15) is 4.79 Å². The maximum Gasteiger partial charge on any atom is 0.335 e. The minimum Gasteiger partial charge on any atom is -0.478 e. The lowest BCUT2D eigenvalue weighted by atomic mass is 9.84. The van der Waals surface area contributed by atoms with E-state index in [4.69, 9.17) is 5.11 Å². The third-order valence-electron chi connectivity index (χ3n) is 2.22. The number of carbonyl (C=O) groups is 1. The van der Waals surface area contributed by atoms with E-state index >= 15 is 0 Å². The van der Waals surface area contributed by atoms with Crippen molar-refractivity contribution in [3.63, 3.8) is 0 Å². The van der Waals surface area contributed by atoms with Gasteiger partial charge < -0.3 is 5.11 Å². The number of carboxylic acids is 1. The zero-order valence-electron chi connectivity index (χ0n) is 8.25. The molecule has 0 amide bonds. The molecule has 0 atom stereocenters. The number of halogens is 1. The van der Waals surface area contributed by atoms with Crippen LogP contribution in [0.5, 0.6) is 0 Å². The summed E-state index contributed by atoms with van der Waals surface area (Å²) in [6, 6.07) is 7.12. The number of rotatable bonds is 3. The summed E-state index contributed by atoms with van der Waals surface area (Å²) in [5.41, 5.74) is 1.09. The van der Waals surface area contributed by atoms with Crippen molar-refractivity contribution in [1.82, 2.24) is 0 Å². The molecule has 14 heavy (non-hydrogen) atoms. The van der Waals surface area contributed by atoms with Gasteiger partial charge in [-0.2, -0.15) is 0 Å². The summed E-state index contributed by atoms with van der Waals surface area (Å²) in [7, 11) is 0. The van der Waals surface area contributed by atoms with E-state index in [0.29, 0.717) is 5.56 Å². The monoisotopic (exact) mass is 256 g/mol. The molecule has 0 saturated carbocycles. The maximum absolute atomic E-state index is 11.0. The predicted molar refractivity (Wildman–Crippen MR) is 60.2 cm³/mol. The van der Waals surface area contributed by atoms with Crippen molar-refractivity contribution in [1.29, 1.82) is 0 Å². The summed E-state index contributed by atoms with van der Waals surface area (Å²) in [6.07, 6.45) is 0. The lowest BCUT2D eigenvalue weighted by Gasteiger charge is -2.23. The van der Waals surface area contributed by atoms with Crippen LogP contribution < -0.4 is 0 Å². The molecule has 0 spiro atoms. The minimum atomic E-state index is -0.866. The second-order valence-corrected chi connectivity index (χ2v) is 4.43. The highest BCUT2D eigenvalue weighted by molar-refractivity contribution is 9.09. The Morgan fingerprint density at radius 2 is 2.00 bits per heavy atom. The molecule has 0 aliphatic rings. The average Bonchev–Trinajstić information content (AvgIpc) is 2.18. The third kappa shape index (κ3) is 2.15. The Bertz CT molecular complexity index is 345. The van der Waals surface area contributed by atoms with Crippen molar-refractivity contribution in [3.8, 4) is 0 Å². The number of aromatic carboxylic acids is 1. The van der Waals surface area contributed by atoms with Crippen LogP contribution in [0.3, 0.4) is 0 Å². The van der Waals surface area contributed by atoms with E-state index < -0.39 is 5.97 Å². The number of hydrogen-bond donors (Lipinski definition) is 1. The first kappa shape index (κ1) is 11.2. The third-order valence-corrected chi connectivity index (χ3v) is 3.62. The van der Waals surface area contributed by atoms with Crippen molar-refractivity contribution in [3.05, 3.63) is 35.4 Å². The molecule has 0 bridgehead atoms. The van der Waals surface area contributed by atoms with E-state index in [1.165, 1.54) is 0 Å². The van der Waals surface area contributed by atoms with Crippen LogP contribution in [0.25, 0.3) is 0 Å². The van der Waals surface area contributed by atoms with Crippen LogP contribution in [0, 0.1) is 0 Å². The maximum atomic E-state index is 11.0. The molecular formula is C11H13BrO2. The molecule has 1 aromatic rings. The summed E-state index contributed by atoms with van der Waals surface area (Å²) in [4.78, 5) is 11.0. The number of alkyl halides is 1. The van der Waals surface area contributed by atoms with Gasteiger partial charge in [-0.05, 0) is 11.6 Å². The molecule has 0 aliphatic heterocycles. The molecule has 0 heterocycles. The highest BCUT2D eigenvalue weighted by atomic mass is 79.9. The van der Waals surface area contributed by atoms with Gasteiger partial charge in [-0.1, -0.05) is 48.0 Å². The summed E-state index contributed by atoms with van der Waals surface area (Å²) in [5, 5.41) is 9.75. The Morgan fingerprint density at radius 3 is 2.50 bits per heavy atom. The fourth-order valence-corrected chi connectivity index (χ4v) is 1.63. The number of carboxylic acid groups (broad SMARTS) is 1. The van der Waals surface area contributed by atoms with Crippen LogP contribution >= 0.6 is 15.9 Å². The standard InChI is InChI=1S/C11H13BrO2/c1-11(2,7-12)9-6-4-3-5-8(9)10(13)14/h3-6H,7H2,1-2H3,(H,13,14). The largest absolute Gasteiger partial charge is 0.478 e. The molecule has 0 fully saturated rings. The van der Waals surface area contributed by atoms with Gasteiger partial charge in [-0.25, -0.2) is 4.79 Å². The fraction of sp³-hybridized carbons (Fsp3) is 0.364. The van der Waals surface area contributed by atoms with Gasteiger partial charge in [0, 0.05) is 10.7 Å². The molecule has 0 aliphatic carbocycles. The predicted octanol–water partition coefficient (Wildman–Crippen LogP) is 3.06. The Kier molecular flexibility index (Phi) is 3.32. The van der Waals surface area contributed by atoms with Crippen LogP contribution in [0.15, 0.2) is 24.3 Å². The van der Waals surface area contributed by atoms with Gasteiger partial charge in [0.1, 0.15) is 0 Å². The lowest BCUT2D eigenvalue weighted by Crippen LogP contribution is -2.22. The zero-order valence-corrected chi connectivity index (χ0v) is 9.84. The van der Waals surface area contributed by atoms with Crippen LogP contribution in [0.1, 0.15) is 29.8 Å². The Hall–Kier alpha value is -0.830. The highest BCUT2D eigenvalue weighted by Gasteiger charge is 2.24. The summed E-state index contributed by atoms with van der Waals surface area (Å²) >= 11 is 3.40. The Balaban J connectivity index is 3.27. The van der Waals surface area contributed by atoms with Gasteiger partial charge >= 0.3 is 5.97 Å². The molecule has 76 valence electrons. The molecule has 0 aromatic heterocycles. The average molecular weight is 257 g/mol. The molecule has 1 N–H and O–H groups in total. The second-order valence-electron chi connectivity index (χ2n) is 3.87. The first-order valence-electron chi connectivity index (χ1n) is 4.38. The zero-order chi connectivity index (χ0) is 10.8. The van der Waals surface area contributed by atoms with Gasteiger partial charge in [-0.3, -0.25) is 0 Å². The van der Waals surface area contributed by atoms with E-state index in [0.717, 1.165) is 10.9 Å². The topological polar surface area (TPSA) is 37.3 Å². The molecule has 3 heteroatoms. The van der Waals surface area contributed by atoms with E-state index in [1.807, 2.05) is 26.0 Å². The van der Waals surface area contributed by atoms with Crippen LogP contribution in [-0.4, -0.2) is 16.4 Å². The quantitative estimate of drug-likeness (QED) is 0.845. The molecular weight excluding hydrogens is 244 g/mol. The second kappa shape index (κ2) is 4.13. The Morgan fingerprint density at radius 1 is 1.43 bits per heavy atom. The molecule has 1 aromatic carbocycles. The number of hydrogen-bond acceptors (Lipinski definition) is 1. The van der Waals surface area contributed by atoms with Gasteiger partial charge in [0.2, 0.25) is 0 Å². The van der Waals surface area contributed by atoms with Crippen LogP contribution in [0.4, 0.5) is 0 Å². The molecule has 0 unspecified atom stereocenters. The molecule has 0 radical (unpaired) electrons. The van der Waals surface area contributed by atoms with Crippen molar-refractivity contribution in [2.24, 2.45) is 0 Å². The fourth-order valence-electron chi connectivity index (χ4n) is 1.33. The van der Waals surface area contributed by atoms with Crippen molar-refractivity contribution < 1.29 is 9.90 Å². The van der Waals surface area contributed by atoms with Gasteiger partial charge in [0.15, 0.2) is 0 Å². The normalized spacial score (nSPS) is 11.4. The van der Waals surface area contributed by atoms with Gasteiger partial charge in [0.25, 0.3) is 0 Å².